The Morgan fingerprint density at radius 1 is 1.54 bits per heavy atom. The topological polar surface area (TPSA) is 84.4 Å². The lowest BCUT2D eigenvalue weighted by atomic mass is 10.1. The van der Waals surface area contributed by atoms with Gasteiger partial charge in [-0.3, -0.25) is 9.59 Å². The van der Waals surface area contributed by atoms with Gasteiger partial charge < -0.3 is 15.0 Å². The maximum absolute atomic E-state index is 12.5. The maximum atomic E-state index is 12.5. The van der Waals surface area contributed by atoms with Gasteiger partial charge in [-0.05, 0) is 12.1 Å². The number of thioether (sulfide) groups is 1. The zero-order valence-corrected chi connectivity index (χ0v) is 15.6. The highest BCUT2D eigenvalue weighted by Crippen LogP contribution is 2.29. The molecule has 0 bridgehead atoms. The zero-order chi connectivity index (χ0) is 18.5. The van der Waals surface area contributed by atoms with Crippen molar-refractivity contribution in [3.05, 3.63) is 24.3 Å². The van der Waals surface area contributed by atoms with Crippen molar-refractivity contribution in [2.45, 2.75) is 10.8 Å². The van der Waals surface area contributed by atoms with Gasteiger partial charge in [0.05, 0.1) is 18.8 Å². The fourth-order valence-corrected chi connectivity index (χ4v) is 3.98. The number of nitrogens with zero attached hydrogens (tertiary/aromatic N) is 3. The first kappa shape index (κ1) is 18.2. The van der Waals surface area contributed by atoms with E-state index in [0.717, 1.165) is 0 Å². The molecule has 1 aromatic carbocycles. The molecule has 3 rings (SSSR count). The molecule has 1 aliphatic heterocycles. The van der Waals surface area contributed by atoms with Crippen LogP contribution in [0.5, 0.6) is 5.75 Å². The second kappa shape index (κ2) is 8.21. The molecule has 9 heteroatoms. The number of methoxy groups -OCH3 is 1. The predicted octanol–water partition coefficient (Wildman–Crippen LogP) is 2.26. The monoisotopic (exact) mass is 388 g/mol. The molecule has 1 atom stereocenters. The van der Waals surface area contributed by atoms with Crippen LogP contribution < -0.4 is 15.0 Å². The first-order chi connectivity index (χ1) is 12.6. The molecule has 0 radical (unpaired) electrons. The molecule has 0 saturated carbocycles. The number of carbonyl (C=O) groups excluding carboxylic acids is 2. The molecule has 134 valence electrons. The molecule has 2 heterocycles. The fourth-order valence-electron chi connectivity index (χ4n) is 2.54. The smallest absolute Gasteiger partial charge is 0.231 e. The second-order valence-electron chi connectivity index (χ2n) is 5.46. The summed E-state index contributed by atoms with van der Waals surface area (Å²) in [6.45, 7) is 0.315. The second-order valence-corrected chi connectivity index (χ2v) is 7.66. The van der Waals surface area contributed by atoms with Crippen molar-refractivity contribution in [2.75, 3.05) is 29.6 Å². The van der Waals surface area contributed by atoms with E-state index in [4.69, 9.17) is 11.2 Å². The van der Waals surface area contributed by atoms with E-state index in [1.807, 2.05) is 12.1 Å². The number of nitrogens with one attached hydrogen (secondary N) is 1. The minimum atomic E-state index is -0.445. The van der Waals surface area contributed by atoms with E-state index in [0.29, 0.717) is 33.2 Å². The van der Waals surface area contributed by atoms with Crippen molar-refractivity contribution in [3.63, 3.8) is 0 Å². The largest absolute Gasteiger partial charge is 0.497 e. The van der Waals surface area contributed by atoms with E-state index < -0.39 is 5.92 Å². The molecule has 2 amide bonds. The molecular weight excluding hydrogens is 372 g/mol. The van der Waals surface area contributed by atoms with Crippen LogP contribution in [0.1, 0.15) is 6.42 Å². The summed E-state index contributed by atoms with van der Waals surface area (Å²) < 4.78 is 5.88. The molecule has 0 aliphatic carbocycles. The molecule has 1 saturated heterocycles. The van der Waals surface area contributed by atoms with Crippen LogP contribution in [0.4, 0.5) is 10.8 Å². The van der Waals surface area contributed by atoms with Gasteiger partial charge in [0.25, 0.3) is 0 Å². The van der Waals surface area contributed by atoms with Crippen molar-refractivity contribution in [2.24, 2.45) is 5.92 Å². The number of aromatic nitrogens is 2. The molecule has 1 aliphatic rings. The van der Waals surface area contributed by atoms with Gasteiger partial charge in [0.1, 0.15) is 5.75 Å². The lowest BCUT2D eigenvalue weighted by Crippen LogP contribution is -2.28. The third-order valence-corrected chi connectivity index (χ3v) is 5.65. The highest BCUT2D eigenvalue weighted by molar-refractivity contribution is 8.01. The van der Waals surface area contributed by atoms with Gasteiger partial charge in [0, 0.05) is 24.7 Å². The third-order valence-electron chi connectivity index (χ3n) is 3.78. The Labute approximate surface area is 159 Å². The van der Waals surface area contributed by atoms with E-state index in [1.54, 1.807) is 24.1 Å². The normalized spacial score (nSPS) is 16.4. The van der Waals surface area contributed by atoms with E-state index >= 15 is 0 Å². The van der Waals surface area contributed by atoms with Crippen LogP contribution in [-0.2, 0) is 9.59 Å². The van der Waals surface area contributed by atoms with Crippen LogP contribution in [0.25, 0.3) is 0 Å². The van der Waals surface area contributed by atoms with Gasteiger partial charge in [-0.25, -0.2) is 0 Å². The van der Waals surface area contributed by atoms with Crippen LogP contribution in [0.2, 0.25) is 0 Å². The lowest BCUT2D eigenvalue weighted by Gasteiger charge is -2.17. The van der Waals surface area contributed by atoms with Crippen LogP contribution in [0.15, 0.2) is 28.6 Å². The summed E-state index contributed by atoms with van der Waals surface area (Å²) in [6, 6.07) is 7.21. The Balaban J connectivity index is 1.63. The summed E-state index contributed by atoms with van der Waals surface area (Å²) >= 11 is 2.65. The zero-order valence-electron chi connectivity index (χ0n) is 14.0. The Hall–Kier alpha value is -2.57. The Bertz CT molecular complexity index is 862. The van der Waals surface area contributed by atoms with Crippen molar-refractivity contribution in [3.8, 4) is 18.1 Å². The number of hydrogen-bond acceptors (Lipinski definition) is 7. The molecule has 1 N–H and O–H groups in total. The SMILES string of the molecule is C#CCSc1nnc(NC(=O)[C@H]2CC(=O)N(c3cccc(OC)c3)C2)s1. The van der Waals surface area contributed by atoms with Crippen LogP contribution in [0.3, 0.4) is 0 Å². The summed E-state index contributed by atoms with van der Waals surface area (Å²) in [5.74, 6) is 2.88. The van der Waals surface area contributed by atoms with Gasteiger partial charge >= 0.3 is 0 Å². The number of ether oxygens (including phenoxy) is 1. The van der Waals surface area contributed by atoms with Gasteiger partial charge in [-0.1, -0.05) is 35.1 Å². The van der Waals surface area contributed by atoms with Gasteiger partial charge in [-0.15, -0.1) is 16.6 Å². The van der Waals surface area contributed by atoms with Gasteiger partial charge in [-0.2, -0.15) is 0 Å². The Morgan fingerprint density at radius 2 is 2.38 bits per heavy atom. The molecule has 1 aromatic heterocycles. The first-order valence-corrected chi connectivity index (χ1v) is 9.56. The lowest BCUT2D eigenvalue weighted by molar-refractivity contribution is -0.122. The fraction of sp³-hybridized carbons (Fsp3) is 0.294. The summed E-state index contributed by atoms with van der Waals surface area (Å²) in [6.07, 6.45) is 5.36. The number of carbonyl (C=O) groups is 2. The third kappa shape index (κ3) is 4.15. The number of amides is 2. The average molecular weight is 388 g/mol. The molecule has 0 spiro atoms. The summed E-state index contributed by atoms with van der Waals surface area (Å²) in [4.78, 5) is 26.4. The van der Waals surface area contributed by atoms with Crippen molar-refractivity contribution in [1.82, 2.24) is 10.2 Å². The van der Waals surface area contributed by atoms with Crippen LogP contribution >= 0.6 is 23.1 Å². The van der Waals surface area contributed by atoms with Crippen molar-refractivity contribution < 1.29 is 14.3 Å². The van der Waals surface area contributed by atoms with E-state index in [2.05, 4.69) is 21.4 Å². The summed E-state index contributed by atoms with van der Waals surface area (Å²) in [7, 11) is 1.57. The minimum Gasteiger partial charge on any atom is -0.497 e. The first-order valence-electron chi connectivity index (χ1n) is 7.75. The average Bonchev–Trinajstić information content (AvgIpc) is 3.26. The van der Waals surface area contributed by atoms with Gasteiger partial charge in [0.15, 0.2) is 4.34 Å². The molecular formula is C17H16N4O3S2. The summed E-state index contributed by atoms with van der Waals surface area (Å²) in [5.41, 5.74) is 0.716. The van der Waals surface area contributed by atoms with E-state index in [1.165, 1.54) is 23.1 Å². The Morgan fingerprint density at radius 3 is 3.15 bits per heavy atom. The predicted molar refractivity (Wildman–Crippen MR) is 102 cm³/mol. The van der Waals surface area contributed by atoms with Crippen LogP contribution in [-0.4, -0.2) is 41.4 Å². The van der Waals surface area contributed by atoms with Crippen molar-refractivity contribution >= 4 is 45.7 Å². The van der Waals surface area contributed by atoms with E-state index in [-0.39, 0.29) is 18.2 Å². The molecule has 1 fully saturated rings. The molecule has 2 aromatic rings. The van der Waals surface area contributed by atoms with Crippen LogP contribution in [0, 0.1) is 18.3 Å². The molecule has 0 unspecified atom stereocenters. The van der Waals surface area contributed by atoms with E-state index in [9.17, 15) is 9.59 Å². The standard InChI is InChI=1S/C17H16N4O3S2/c1-3-7-25-17-20-19-16(26-17)18-15(23)11-8-14(22)21(10-11)12-5-4-6-13(9-12)24-2/h1,4-6,9,11H,7-8,10H2,2H3,(H,18,19,23)/t11-/m0/s1. The number of rotatable bonds is 6. The highest BCUT2D eigenvalue weighted by atomic mass is 32.2. The Kier molecular flexibility index (Phi) is 5.75. The van der Waals surface area contributed by atoms with Crippen molar-refractivity contribution in [1.29, 1.82) is 0 Å². The number of anilines is 2. The number of benzene rings is 1. The van der Waals surface area contributed by atoms with Gasteiger partial charge in [0.2, 0.25) is 16.9 Å². The quantitative estimate of drug-likeness (QED) is 0.464. The molecule has 7 nitrogen and oxygen atoms in total. The number of hydrogen-bond donors (Lipinski definition) is 1. The molecule has 26 heavy (non-hydrogen) atoms. The summed E-state index contributed by atoms with van der Waals surface area (Å²) in [5, 5.41) is 11.0. The highest BCUT2D eigenvalue weighted by Gasteiger charge is 2.35. The maximum Gasteiger partial charge on any atom is 0.231 e. The minimum absolute atomic E-state index is 0.0964. The number of terminal acetylenes is 1.